The normalized spacial score (nSPS) is 9.92. The topological polar surface area (TPSA) is 27.1 Å². The molecule has 2 rings (SSSR count). The van der Waals surface area contributed by atoms with Crippen molar-refractivity contribution in [3.63, 3.8) is 0 Å². The lowest BCUT2D eigenvalue weighted by atomic mass is 10.3. The second-order valence-electron chi connectivity index (χ2n) is 2.60. The Morgan fingerprint density at radius 3 is 3.08 bits per heavy atom. The first-order valence-corrected chi connectivity index (χ1v) is 3.93. The third-order valence-electron chi connectivity index (χ3n) is 1.79. The van der Waals surface area contributed by atoms with Gasteiger partial charge in [-0.2, -0.15) is 0 Å². The molecule has 65 valence electrons. The number of methoxy groups -OCH3 is 1. The van der Waals surface area contributed by atoms with Gasteiger partial charge in [0.25, 0.3) is 0 Å². The average Bonchev–Trinajstić information content (AvgIpc) is 2.71. The van der Waals surface area contributed by atoms with Crippen LogP contribution in [0.5, 0.6) is 5.75 Å². The molecule has 0 amide bonds. The van der Waals surface area contributed by atoms with Gasteiger partial charge in [-0.05, 0) is 18.2 Å². The zero-order valence-corrected chi connectivity index (χ0v) is 7.27. The van der Waals surface area contributed by atoms with Crippen molar-refractivity contribution in [3.05, 3.63) is 43.0 Å². The zero-order chi connectivity index (χ0) is 9.10. The third kappa shape index (κ3) is 1.54. The van der Waals surface area contributed by atoms with Gasteiger partial charge in [-0.3, -0.25) is 0 Å². The highest BCUT2D eigenvalue weighted by Crippen LogP contribution is 2.14. The second kappa shape index (κ2) is 3.31. The van der Waals surface area contributed by atoms with Gasteiger partial charge in [0.1, 0.15) is 5.75 Å². The van der Waals surface area contributed by atoms with Crippen LogP contribution in [0.15, 0.2) is 36.9 Å². The maximum absolute atomic E-state index is 5.09. The predicted molar refractivity (Wildman–Crippen MR) is 49.0 cm³/mol. The van der Waals surface area contributed by atoms with E-state index in [2.05, 4.69) is 11.1 Å². The minimum atomic E-state index is 0.797. The monoisotopic (exact) mass is 173 g/mol. The summed E-state index contributed by atoms with van der Waals surface area (Å²) in [6.07, 6.45) is 5.35. The van der Waals surface area contributed by atoms with Crippen molar-refractivity contribution < 1.29 is 4.74 Å². The molecule has 1 aromatic carbocycles. The maximum Gasteiger partial charge on any atom is 0.121 e. The largest absolute Gasteiger partial charge is 0.497 e. The molecular weight excluding hydrogens is 164 g/mol. The lowest BCUT2D eigenvalue weighted by molar-refractivity contribution is 0.414. The van der Waals surface area contributed by atoms with Crippen molar-refractivity contribution in [2.45, 2.75) is 0 Å². The first-order chi connectivity index (χ1) is 6.40. The van der Waals surface area contributed by atoms with Crippen molar-refractivity contribution in [1.29, 1.82) is 0 Å². The minimum Gasteiger partial charge on any atom is -0.497 e. The summed E-state index contributed by atoms with van der Waals surface area (Å²) in [6, 6.07) is 8.60. The maximum atomic E-state index is 5.09. The summed E-state index contributed by atoms with van der Waals surface area (Å²) in [4.78, 5) is 3.96. The van der Waals surface area contributed by atoms with Gasteiger partial charge in [-0.15, -0.1) is 0 Å². The molecule has 3 nitrogen and oxygen atoms in total. The molecule has 0 saturated carbocycles. The molecule has 1 heterocycles. The van der Waals surface area contributed by atoms with Crippen LogP contribution in [0.4, 0.5) is 0 Å². The first-order valence-electron chi connectivity index (χ1n) is 3.93. The van der Waals surface area contributed by atoms with E-state index in [9.17, 15) is 0 Å². The fourth-order valence-corrected chi connectivity index (χ4v) is 1.12. The summed E-state index contributed by atoms with van der Waals surface area (Å²) in [7, 11) is 1.64. The number of aromatic nitrogens is 2. The van der Waals surface area contributed by atoms with E-state index in [0.29, 0.717) is 0 Å². The predicted octanol–water partition coefficient (Wildman–Crippen LogP) is 1.68. The molecule has 0 bridgehead atoms. The van der Waals surface area contributed by atoms with Gasteiger partial charge in [0.15, 0.2) is 0 Å². The number of benzene rings is 1. The van der Waals surface area contributed by atoms with Crippen LogP contribution in [0.2, 0.25) is 0 Å². The van der Waals surface area contributed by atoms with E-state index in [1.54, 1.807) is 25.7 Å². The molecule has 2 aromatic rings. The smallest absolute Gasteiger partial charge is 0.121 e. The summed E-state index contributed by atoms with van der Waals surface area (Å²) >= 11 is 0. The van der Waals surface area contributed by atoms with E-state index >= 15 is 0 Å². The molecule has 0 atom stereocenters. The molecule has 0 fully saturated rings. The van der Waals surface area contributed by atoms with E-state index in [4.69, 9.17) is 4.74 Å². The Hall–Kier alpha value is -1.77. The molecule has 3 heteroatoms. The van der Waals surface area contributed by atoms with E-state index in [1.165, 1.54) is 0 Å². The fraction of sp³-hybridized carbons (Fsp3) is 0.100. The van der Waals surface area contributed by atoms with Gasteiger partial charge in [0, 0.05) is 18.5 Å². The Morgan fingerprint density at radius 1 is 1.46 bits per heavy atom. The van der Waals surface area contributed by atoms with Gasteiger partial charge >= 0.3 is 0 Å². The highest BCUT2D eigenvalue weighted by atomic mass is 16.5. The minimum absolute atomic E-state index is 0.797. The molecular formula is C10H9N2O. The van der Waals surface area contributed by atoms with Crippen molar-refractivity contribution in [3.8, 4) is 11.4 Å². The molecule has 13 heavy (non-hydrogen) atoms. The summed E-state index contributed by atoms with van der Waals surface area (Å²) < 4.78 is 6.99. The highest BCUT2D eigenvalue weighted by Gasteiger charge is 1.96. The summed E-state index contributed by atoms with van der Waals surface area (Å²) in [6.45, 7) is 0. The van der Waals surface area contributed by atoms with Crippen LogP contribution in [-0.4, -0.2) is 16.7 Å². The number of hydrogen-bond donors (Lipinski definition) is 0. The lowest BCUT2D eigenvalue weighted by Gasteiger charge is -2.03. The summed E-state index contributed by atoms with van der Waals surface area (Å²) in [5.41, 5.74) is 0.997. The van der Waals surface area contributed by atoms with Gasteiger partial charge in [-0.25, -0.2) is 4.98 Å². The molecule has 1 aromatic heterocycles. The van der Waals surface area contributed by atoms with Gasteiger partial charge < -0.3 is 9.30 Å². The van der Waals surface area contributed by atoms with Crippen LogP contribution in [0.3, 0.4) is 0 Å². The van der Waals surface area contributed by atoms with Crippen LogP contribution in [-0.2, 0) is 0 Å². The standard InChI is InChI=1S/C10H9N2O/c1-13-10-4-2-3-9(7-10)12-6-5-11-8-12/h3-8H,1H3. The first kappa shape index (κ1) is 7.86. The molecule has 0 saturated heterocycles. The third-order valence-corrected chi connectivity index (χ3v) is 1.79. The van der Waals surface area contributed by atoms with Crippen molar-refractivity contribution in [1.82, 2.24) is 9.55 Å². The van der Waals surface area contributed by atoms with Crippen molar-refractivity contribution in [2.75, 3.05) is 7.11 Å². The van der Waals surface area contributed by atoms with E-state index in [-0.39, 0.29) is 0 Å². The highest BCUT2D eigenvalue weighted by molar-refractivity contribution is 5.38. The van der Waals surface area contributed by atoms with E-state index in [1.807, 2.05) is 22.9 Å². The Kier molecular flexibility index (Phi) is 2.00. The van der Waals surface area contributed by atoms with Gasteiger partial charge in [0.05, 0.1) is 19.1 Å². The second-order valence-corrected chi connectivity index (χ2v) is 2.60. The van der Waals surface area contributed by atoms with Crippen LogP contribution >= 0.6 is 0 Å². The SMILES string of the molecule is COc1c[c]cc(-n2ccnc2)c1. The summed E-state index contributed by atoms with van der Waals surface area (Å²) in [5.74, 6) is 0.797. The Balaban J connectivity index is 2.41. The molecule has 0 aliphatic rings. The quantitative estimate of drug-likeness (QED) is 0.690. The molecule has 0 unspecified atom stereocenters. The fourth-order valence-electron chi connectivity index (χ4n) is 1.12. The lowest BCUT2D eigenvalue weighted by Crippen LogP contribution is -1.90. The van der Waals surface area contributed by atoms with E-state index < -0.39 is 0 Å². The summed E-state index contributed by atoms with van der Waals surface area (Å²) in [5, 5.41) is 0. The average molecular weight is 173 g/mol. The number of imidazole rings is 1. The molecule has 1 radical (unpaired) electrons. The molecule has 0 aliphatic heterocycles. The van der Waals surface area contributed by atoms with Crippen LogP contribution in [0.1, 0.15) is 0 Å². The van der Waals surface area contributed by atoms with E-state index in [0.717, 1.165) is 11.4 Å². The Bertz CT molecular complexity index is 382. The van der Waals surface area contributed by atoms with Gasteiger partial charge in [0.2, 0.25) is 0 Å². The van der Waals surface area contributed by atoms with Gasteiger partial charge in [-0.1, -0.05) is 0 Å². The zero-order valence-electron chi connectivity index (χ0n) is 7.27. The number of ether oxygens (including phenoxy) is 1. The molecule has 0 N–H and O–H groups in total. The van der Waals surface area contributed by atoms with Crippen LogP contribution < -0.4 is 4.74 Å². The Labute approximate surface area is 76.6 Å². The number of rotatable bonds is 2. The van der Waals surface area contributed by atoms with Crippen LogP contribution in [0, 0.1) is 6.07 Å². The van der Waals surface area contributed by atoms with Crippen molar-refractivity contribution >= 4 is 0 Å². The van der Waals surface area contributed by atoms with Crippen LogP contribution in [0.25, 0.3) is 5.69 Å². The molecule has 0 aliphatic carbocycles. The molecule has 0 spiro atoms. The number of hydrogen-bond acceptors (Lipinski definition) is 2. The van der Waals surface area contributed by atoms with Crippen molar-refractivity contribution in [2.24, 2.45) is 0 Å². The Morgan fingerprint density at radius 2 is 2.38 bits per heavy atom. The number of nitrogens with zero attached hydrogens (tertiary/aromatic N) is 2.